The van der Waals surface area contributed by atoms with Crippen LogP contribution in [0.3, 0.4) is 0 Å². The Morgan fingerprint density at radius 1 is 1.21 bits per heavy atom. The number of primary amides is 1. The van der Waals surface area contributed by atoms with E-state index < -0.39 is 18.0 Å². The van der Waals surface area contributed by atoms with Gasteiger partial charge in [-0.15, -0.1) is 0 Å². The van der Waals surface area contributed by atoms with Gasteiger partial charge in [-0.2, -0.15) is 0 Å². The molecule has 0 aliphatic carbocycles. The third-order valence-corrected chi connectivity index (χ3v) is 4.28. The molecule has 1 saturated heterocycles. The molecule has 0 unspecified atom stereocenters. The van der Waals surface area contributed by atoms with Gasteiger partial charge in [0.25, 0.3) is 0 Å². The van der Waals surface area contributed by atoms with Crippen LogP contribution in [-0.4, -0.2) is 29.8 Å². The fraction of sp³-hybridized carbons (Fsp3) is 0.278. The SMILES string of the molecule is NC(=O)[C@@H](Cc1cccc2ccccc12)NC(=O)[C@@H]1CCC(=O)N1. The molecule has 1 aliphatic rings. The molecule has 0 bridgehead atoms. The largest absolute Gasteiger partial charge is 0.368 e. The van der Waals surface area contributed by atoms with Crippen molar-refractivity contribution in [1.29, 1.82) is 0 Å². The van der Waals surface area contributed by atoms with Gasteiger partial charge in [0.2, 0.25) is 17.7 Å². The van der Waals surface area contributed by atoms with Gasteiger partial charge in [0, 0.05) is 12.8 Å². The number of fused-ring (bicyclic) bond motifs is 1. The lowest BCUT2D eigenvalue weighted by atomic mass is 9.98. The van der Waals surface area contributed by atoms with E-state index in [1.807, 2.05) is 42.5 Å². The number of nitrogens with one attached hydrogen (secondary N) is 2. The molecule has 0 saturated carbocycles. The van der Waals surface area contributed by atoms with Crippen molar-refractivity contribution in [2.24, 2.45) is 5.73 Å². The second kappa shape index (κ2) is 6.70. The van der Waals surface area contributed by atoms with E-state index >= 15 is 0 Å². The van der Waals surface area contributed by atoms with Crippen molar-refractivity contribution < 1.29 is 14.4 Å². The number of benzene rings is 2. The number of amides is 3. The second-order valence-electron chi connectivity index (χ2n) is 5.96. The van der Waals surface area contributed by atoms with Crippen LogP contribution in [0, 0.1) is 0 Å². The maximum Gasteiger partial charge on any atom is 0.243 e. The highest BCUT2D eigenvalue weighted by atomic mass is 16.2. The molecule has 2 aromatic carbocycles. The zero-order chi connectivity index (χ0) is 17.1. The van der Waals surface area contributed by atoms with Gasteiger partial charge in [-0.1, -0.05) is 42.5 Å². The summed E-state index contributed by atoms with van der Waals surface area (Å²) in [6, 6.07) is 12.3. The van der Waals surface area contributed by atoms with Gasteiger partial charge in [0.15, 0.2) is 0 Å². The molecule has 3 amide bonds. The molecular formula is C18H19N3O3. The van der Waals surface area contributed by atoms with Gasteiger partial charge in [0.1, 0.15) is 12.1 Å². The third-order valence-electron chi connectivity index (χ3n) is 4.28. The molecule has 3 rings (SSSR count). The van der Waals surface area contributed by atoms with E-state index in [0.29, 0.717) is 19.3 Å². The van der Waals surface area contributed by atoms with E-state index in [0.717, 1.165) is 16.3 Å². The number of hydrogen-bond acceptors (Lipinski definition) is 3. The van der Waals surface area contributed by atoms with Gasteiger partial charge >= 0.3 is 0 Å². The average Bonchev–Trinajstić information content (AvgIpc) is 3.01. The van der Waals surface area contributed by atoms with Crippen molar-refractivity contribution >= 4 is 28.5 Å². The summed E-state index contributed by atoms with van der Waals surface area (Å²) < 4.78 is 0. The maximum atomic E-state index is 12.2. The first-order valence-electron chi connectivity index (χ1n) is 7.90. The molecule has 1 fully saturated rings. The standard InChI is InChI=1S/C18H19N3O3/c19-17(23)15(21-18(24)14-8-9-16(22)20-14)10-12-6-3-5-11-4-1-2-7-13(11)12/h1-7,14-15H,8-10H2,(H2,19,23)(H,20,22)(H,21,24)/t14-,15+/m0/s1. The first-order chi connectivity index (χ1) is 11.5. The number of nitrogens with two attached hydrogens (primary N) is 1. The highest BCUT2D eigenvalue weighted by Crippen LogP contribution is 2.20. The minimum atomic E-state index is -0.819. The van der Waals surface area contributed by atoms with Crippen LogP contribution >= 0.6 is 0 Å². The Balaban J connectivity index is 1.77. The molecule has 0 spiro atoms. The smallest absolute Gasteiger partial charge is 0.243 e. The Bertz CT molecular complexity index is 798. The predicted octanol–water partition coefficient (Wildman–Crippen LogP) is 0.631. The Kier molecular flexibility index (Phi) is 4.46. The highest BCUT2D eigenvalue weighted by Gasteiger charge is 2.30. The van der Waals surface area contributed by atoms with Gasteiger partial charge in [-0.25, -0.2) is 0 Å². The van der Waals surface area contributed by atoms with Gasteiger partial charge in [-0.3, -0.25) is 14.4 Å². The molecule has 124 valence electrons. The molecule has 1 aliphatic heterocycles. The van der Waals surface area contributed by atoms with E-state index in [9.17, 15) is 14.4 Å². The fourth-order valence-corrected chi connectivity index (χ4v) is 3.00. The maximum absolute atomic E-state index is 12.2. The molecule has 2 atom stereocenters. The predicted molar refractivity (Wildman–Crippen MR) is 89.9 cm³/mol. The number of carbonyl (C=O) groups is 3. The Labute approximate surface area is 139 Å². The van der Waals surface area contributed by atoms with Crippen LogP contribution in [0.2, 0.25) is 0 Å². The lowest BCUT2D eigenvalue weighted by molar-refractivity contribution is -0.129. The van der Waals surface area contributed by atoms with Crippen molar-refractivity contribution in [3.8, 4) is 0 Å². The van der Waals surface area contributed by atoms with Gasteiger partial charge in [-0.05, 0) is 22.8 Å². The summed E-state index contributed by atoms with van der Waals surface area (Å²) in [5.74, 6) is -1.12. The lowest BCUT2D eigenvalue weighted by Gasteiger charge is -2.19. The molecule has 0 radical (unpaired) electrons. The Hall–Kier alpha value is -2.89. The lowest BCUT2D eigenvalue weighted by Crippen LogP contribution is -2.51. The van der Waals surface area contributed by atoms with Crippen LogP contribution in [0.4, 0.5) is 0 Å². The molecule has 4 N–H and O–H groups in total. The minimum absolute atomic E-state index is 0.153. The quantitative estimate of drug-likeness (QED) is 0.751. The van der Waals surface area contributed by atoms with Gasteiger partial charge < -0.3 is 16.4 Å². The normalized spacial score (nSPS) is 18.2. The van der Waals surface area contributed by atoms with Crippen molar-refractivity contribution in [3.05, 3.63) is 48.0 Å². The van der Waals surface area contributed by atoms with Crippen LogP contribution < -0.4 is 16.4 Å². The van der Waals surface area contributed by atoms with Crippen molar-refractivity contribution in [1.82, 2.24) is 10.6 Å². The van der Waals surface area contributed by atoms with E-state index in [-0.39, 0.29) is 11.8 Å². The topological polar surface area (TPSA) is 101 Å². The van der Waals surface area contributed by atoms with Crippen molar-refractivity contribution in [3.63, 3.8) is 0 Å². The molecule has 6 nitrogen and oxygen atoms in total. The third kappa shape index (κ3) is 3.37. The Morgan fingerprint density at radius 2 is 1.96 bits per heavy atom. The van der Waals surface area contributed by atoms with Crippen LogP contribution in [0.25, 0.3) is 10.8 Å². The van der Waals surface area contributed by atoms with Crippen molar-refractivity contribution in [2.45, 2.75) is 31.3 Å². The highest BCUT2D eigenvalue weighted by molar-refractivity contribution is 5.94. The summed E-state index contributed by atoms with van der Waals surface area (Å²) in [6.07, 6.45) is 1.07. The molecule has 6 heteroatoms. The average molecular weight is 325 g/mol. The number of rotatable bonds is 5. The molecule has 2 aromatic rings. The molecule has 1 heterocycles. The van der Waals surface area contributed by atoms with Crippen LogP contribution in [0.1, 0.15) is 18.4 Å². The second-order valence-corrected chi connectivity index (χ2v) is 5.96. The van der Waals surface area contributed by atoms with Crippen LogP contribution in [0.5, 0.6) is 0 Å². The zero-order valence-electron chi connectivity index (χ0n) is 13.1. The van der Waals surface area contributed by atoms with Crippen LogP contribution in [-0.2, 0) is 20.8 Å². The first kappa shape index (κ1) is 16.0. The van der Waals surface area contributed by atoms with Crippen LogP contribution in [0.15, 0.2) is 42.5 Å². The monoisotopic (exact) mass is 325 g/mol. The number of hydrogen-bond donors (Lipinski definition) is 3. The Morgan fingerprint density at radius 3 is 2.67 bits per heavy atom. The summed E-state index contributed by atoms with van der Waals surface area (Å²) in [5, 5.41) is 7.34. The summed E-state index contributed by atoms with van der Waals surface area (Å²) >= 11 is 0. The van der Waals surface area contributed by atoms with Crippen molar-refractivity contribution in [2.75, 3.05) is 0 Å². The summed E-state index contributed by atoms with van der Waals surface area (Å²) in [5.41, 5.74) is 6.40. The van der Waals surface area contributed by atoms with Gasteiger partial charge in [0.05, 0.1) is 0 Å². The summed E-state index contributed by atoms with van der Waals surface area (Å²) in [7, 11) is 0. The molecular weight excluding hydrogens is 306 g/mol. The summed E-state index contributed by atoms with van der Waals surface area (Å²) in [4.78, 5) is 35.2. The summed E-state index contributed by atoms with van der Waals surface area (Å²) in [6.45, 7) is 0. The van der Waals surface area contributed by atoms with E-state index in [1.165, 1.54) is 0 Å². The van der Waals surface area contributed by atoms with E-state index in [2.05, 4.69) is 10.6 Å². The fourth-order valence-electron chi connectivity index (χ4n) is 3.00. The molecule has 0 aromatic heterocycles. The van der Waals surface area contributed by atoms with E-state index in [1.54, 1.807) is 0 Å². The number of carbonyl (C=O) groups excluding carboxylic acids is 3. The first-order valence-corrected chi connectivity index (χ1v) is 7.90. The minimum Gasteiger partial charge on any atom is -0.368 e. The molecule has 24 heavy (non-hydrogen) atoms. The van der Waals surface area contributed by atoms with E-state index in [4.69, 9.17) is 5.73 Å². The zero-order valence-corrected chi connectivity index (χ0v) is 13.1.